The first-order valence-corrected chi connectivity index (χ1v) is 7.87. The molecule has 1 saturated carbocycles. The zero-order valence-corrected chi connectivity index (χ0v) is 13.0. The summed E-state index contributed by atoms with van der Waals surface area (Å²) in [5.74, 6) is 0.0208. The molecule has 1 aliphatic carbocycles. The van der Waals surface area contributed by atoms with Crippen LogP contribution >= 0.6 is 0 Å². The van der Waals surface area contributed by atoms with Crippen molar-refractivity contribution in [3.63, 3.8) is 0 Å². The van der Waals surface area contributed by atoms with Crippen molar-refractivity contribution >= 4 is 11.8 Å². The van der Waals surface area contributed by atoms with Crippen LogP contribution < -0.4 is 10.6 Å². The lowest BCUT2D eigenvalue weighted by Crippen LogP contribution is -2.32. The summed E-state index contributed by atoms with van der Waals surface area (Å²) < 4.78 is 10.6. The van der Waals surface area contributed by atoms with E-state index in [0.29, 0.717) is 25.3 Å². The molecule has 2 N–H and O–H groups in total. The van der Waals surface area contributed by atoms with Gasteiger partial charge in [-0.15, -0.1) is 0 Å². The van der Waals surface area contributed by atoms with E-state index in [-0.39, 0.29) is 24.5 Å². The first-order valence-electron chi connectivity index (χ1n) is 7.87. The maximum Gasteiger partial charge on any atom is 0.287 e. The van der Waals surface area contributed by atoms with Crippen molar-refractivity contribution in [2.24, 2.45) is 0 Å². The molecule has 6 heteroatoms. The van der Waals surface area contributed by atoms with Crippen LogP contribution in [0.2, 0.25) is 0 Å². The van der Waals surface area contributed by atoms with E-state index in [1.165, 1.54) is 19.1 Å². The topological polar surface area (TPSA) is 80.6 Å². The van der Waals surface area contributed by atoms with Crippen LogP contribution in [0.25, 0.3) is 0 Å². The molecule has 1 aliphatic rings. The normalized spacial score (nSPS) is 15.0. The van der Waals surface area contributed by atoms with E-state index < -0.39 is 0 Å². The standard InChI is InChI=1S/C16H24N2O4/c1-12-7-10-21-15(12)16(20)18-9-4-8-17-14(19)11-22-13-5-2-3-6-13/h7,10,13H,2-6,8-9,11H2,1H3,(H,17,19)(H,18,20). The van der Waals surface area contributed by atoms with Crippen LogP contribution in [0.1, 0.15) is 48.2 Å². The predicted octanol–water partition coefficient (Wildman–Crippen LogP) is 1.78. The molecule has 0 spiro atoms. The van der Waals surface area contributed by atoms with Gasteiger partial charge in [-0.1, -0.05) is 12.8 Å². The third-order valence-electron chi connectivity index (χ3n) is 3.78. The third kappa shape index (κ3) is 5.18. The Kier molecular flexibility index (Phi) is 6.45. The van der Waals surface area contributed by atoms with Crippen LogP contribution in [0.3, 0.4) is 0 Å². The number of hydrogen-bond donors (Lipinski definition) is 2. The summed E-state index contributed by atoms with van der Waals surface area (Å²) in [4.78, 5) is 23.4. The Labute approximate surface area is 130 Å². The van der Waals surface area contributed by atoms with Crippen molar-refractivity contribution in [3.05, 3.63) is 23.7 Å². The van der Waals surface area contributed by atoms with Gasteiger partial charge in [-0.3, -0.25) is 9.59 Å². The van der Waals surface area contributed by atoms with Crippen LogP contribution in [-0.4, -0.2) is 37.6 Å². The smallest absolute Gasteiger partial charge is 0.287 e. The summed E-state index contributed by atoms with van der Waals surface area (Å²) in [6.45, 7) is 2.96. The Bertz CT molecular complexity index is 492. The molecule has 0 radical (unpaired) electrons. The van der Waals surface area contributed by atoms with Gasteiger partial charge in [0.25, 0.3) is 5.91 Å². The van der Waals surface area contributed by atoms with E-state index in [4.69, 9.17) is 9.15 Å². The van der Waals surface area contributed by atoms with Crippen LogP contribution in [0.15, 0.2) is 16.7 Å². The van der Waals surface area contributed by atoms with Gasteiger partial charge >= 0.3 is 0 Å². The van der Waals surface area contributed by atoms with Crippen LogP contribution in [-0.2, 0) is 9.53 Å². The molecular weight excluding hydrogens is 284 g/mol. The lowest BCUT2D eigenvalue weighted by molar-refractivity contribution is -0.127. The van der Waals surface area contributed by atoms with E-state index in [1.807, 2.05) is 6.92 Å². The molecule has 0 atom stereocenters. The predicted molar refractivity (Wildman–Crippen MR) is 81.6 cm³/mol. The molecule has 0 bridgehead atoms. The maximum absolute atomic E-state index is 11.8. The highest BCUT2D eigenvalue weighted by molar-refractivity contribution is 5.92. The van der Waals surface area contributed by atoms with Crippen molar-refractivity contribution < 1.29 is 18.7 Å². The van der Waals surface area contributed by atoms with Crippen molar-refractivity contribution in [1.82, 2.24) is 10.6 Å². The lowest BCUT2D eigenvalue weighted by atomic mass is 10.2. The van der Waals surface area contributed by atoms with E-state index in [0.717, 1.165) is 18.4 Å². The molecule has 0 aliphatic heterocycles. The second kappa shape index (κ2) is 8.58. The van der Waals surface area contributed by atoms with Crippen LogP contribution in [0.4, 0.5) is 0 Å². The summed E-state index contributed by atoms with van der Waals surface area (Å²) in [5, 5.41) is 5.55. The van der Waals surface area contributed by atoms with Gasteiger partial charge in [-0.25, -0.2) is 0 Å². The first kappa shape index (κ1) is 16.5. The van der Waals surface area contributed by atoms with Gasteiger partial charge in [-0.05, 0) is 32.3 Å². The molecular formula is C16H24N2O4. The van der Waals surface area contributed by atoms with Crippen LogP contribution in [0.5, 0.6) is 0 Å². The summed E-state index contributed by atoms with van der Waals surface area (Å²) >= 11 is 0. The molecule has 2 rings (SSSR count). The van der Waals surface area contributed by atoms with Crippen molar-refractivity contribution in [1.29, 1.82) is 0 Å². The number of furan rings is 1. The summed E-state index contributed by atoms with van der Waals surface area (Å²) in [6, 6.07) is 1.75. The quantitative estimate of drug-likeness (QED) is 0.717. The fourth-order valence-electron chi connectivity index (χ4n) is 2.50. The zero-order valence-electron chi connectivity index (χ0n) is 13.0. The summed E-state index contributed by atoms with van der Waals surface area (Å²) in [7, 11) is 0. The van der Waals surface area contributed by atoms with Gasteiger partial charge in [0.15, 0.2) is 5.76 Å². The second-order valence-electron chi connectivity index (χ2n) is 5.61. The molecule has 2 amide bonds. The van der Waals surface area contributed by atoms with Gasteiger partial charge < -0.3 is 19.8 Å². The highest BCUT2D eigenvalue weighted by Gasteiger charge is 2.16. The van der Waals surface area contributed by atoms with Gasteiger partial charge in [0, 0.05) is 18.7 Å². The average Bonchev–Trinajstić information content (AvgIpc) is 3.15. The van der Waals surface area contributed by atoms with Gasteiger partial charge in [0.05, 0.1) is 12.4 Å². The van der Waals surface area contributed by atoms with Gasteiger partial charge in [0.1, 0.15) is 6.61 Å². The molecule has 0 unspecified atom stereocenters. The minimum atomic E-state index is -0.224. The monoisotopic (exact) mass is 308 g/mol. The number of carbonyl (C=O) groups excluding carboxylic acids is 2. The van der Waals surface area contributed by atoms with Gasteiger partial charge in [-0.2, -0.15) is 0 Å². The molecule has 122 valence electrons. The number of hydrogen-bond acceptors (Lipinski definition) is 4. The fourth-order valence-corrected chi connectivity index (χ4v) is 2.50. The second-order valence-corrected chi connectivity index (χ2v) is 5.61. The van der Waals surface area contributed by atoms with Crippen LogP contribution in [0, 0.1) is 6.92 Å². The molecule has 6 nitrogen and oxygen atoms in total. The Morgan fingerprint density at radius 3 is 2.68 bits per heavy atom. The molecule has 1 fully saturated rings. The lowest BCUT2D eigenvalue weighted by Gasteiger charge is -2.11. The molecule has 0 saturated heterocycles. The third-order valence-corrected chi connectivity index (χ3v) is 3.78. The van der Waals surface area contributed by atoms with Crippen molar-refractivity contribution in [2.45, 2.75) is 45.1 Å². The molecule has 1 heterocycles. The van der Waals surface area contributed by atoms with Gasteiger partial charge in [0.2, 0.25) is 5.91 Å². The number of aryl methyl sites for hydroxylation is 1. The number of ether oxygens (including phenoxy) is 1. The number of nitrogens with one attached hydrogen (secondary N) is 2. The fraction of sp³-hybridized carbons (Fsp3) is 0.625. The molecule has 1 aromatic rings. The average molecular weight is 308 g/mol. The van der Waals surface area contributed by atoms with E-state index in [9.17, 15) is 9.59 Å². The largest absolute Gasteiger partial charge is 0.459 e. The Hall–Kier alpha value is -1.82. The Balaban J connectivity index is 1.50. The maximum atomic E-state index is 11.8. The van der Waals surface area contributed by atoms with E-state index in [2.05, 4.69) is 10.6 Å². The van der Waals surface area contributed by atoms with Crippen molar-refractivity contribution in [2.75, 3.05) is 19.7 Å². The number of carbonyl (C=O) groups is 2. The number of amides is 2. The van der Waals surface area contributed by atoms with E-state index >= 15 is 0 Å². The molecule has 1 aromatic heterocycles. The first-order chi connectivity index (χ1) is 10.7. The van der Waals surface area contributed by atoms with Crippen molar-refractivity contribution in [3.8, 4) is 0 Å². The van der Waals surface area contributed by atoms with E-state index in [1.54, 1.807) is 6.07 Å². The Morgan fingerprint density at radius 2 is 2.00 bits per heavy atom. The zero-order chi connectivity index (χ0) is 15.8. The minimum Gasteiger partial charge on any atom is -0.459 e. The highest BCUT2D eigenvalue weighted by Crippen LogP contribution is 2.20. The molecule has 22 heavy (non-hydrogen) atoms. The number of rotatable bonds is 8. The Morgan fingerprint density at radius 1 is 1.27 bits per heavy atom. The minimum absolute atomic E-state index is 0.0971. The summed E-state index contributed by atoms with van der Waals surface area (Å²) in [5.41, 5.74) is 0.815. The SMILES string of the molecule is Cc1ccoc1C(=O)NCCCNC(=O)COC1CCCC1. The highest BCUT2D eigenvalue weighted by atomic mass is 16.5. The summed E-state index contributed by atoms with van der Waals surface area (Å²) in [6.07, 6.45) is 6.93. The molecule has 0 aromatic carbocycles.